The van der Waals surface area contributed by atoms with Crippen LogP contribution in [0.3, 0.4) is 0 Å². The summed E-state index contributed by atoms with van der Waals surface area (Å²) in [4.78, 5) is 12.7. The van der Waals surface area contributed by atoms with E-state index in [1.165, 1.54) is 11.3 Å². The van der Waals surface area contributed by atoms with Gasteiger partial charge in [0.05, 0.1) is 22.6 Å². The number of thiophene rings is 1. The quantitative estimate of drug-likeness (QED) is 0.627. The van der Waals surface area contributed by atoms with Gasteiger partial charge in [0.15, 0.2) is 5.78 Å². The van der Waals surface area contributed by atoms with Gasteiger partial charge in [-0.25, -0.2) is 0 Å². The zero-order chi connectivity index (χ0) is 15.0. The maximum atomic E-state index is 12.7. The third-order valence-electron chi connectivity index (χ3n) is 2.99. The first-order valence-electron chi connectivity index (χ1n) is 5.70. The molecule has 0 saturated carbocycles. The molecule has 2 nitrogen and oxygen atoms in total. The molecule has 2 rings (SSSR count). The van der Waals surface area contributed by atoms with E-state index in [0.29, 0.717) is 25.5 Å². The SMILES string of the molecule is COc1c(C)cc(Br)c(C)c1C(=O)c1cc(Cl)sc1Cl. The molecule has 0 atom stereocenters. The fourth-order valence-corrected chi connectivity index (χ4v) is 4.02. The smallest absolute Gasteiger partial charge is 0.199 e. The van der Waals surface area contributed by atoms with Gasteiger partial charge in [-0.3, -0.25) is 4.79 Å². The largest absolute Gasteiger partial charge is 0.496 e. The molecule has 0 aliphatic heterocycles. The minimum Gasteiger partial charge on any atom is -0.496 e. The van der Waals surface area contributed by atoms with E-state index in [1.807, 2.05) is 19.9 Å². The molecule has 0 radical (unpaired) electrons. The van der Waals surface area contributed by atoms with Gasteiger partial charge in [0.25, 0.3) is 0 Å². The van der Waals surface area contributed by atoms with Gasteiger partial charge >= 0.3 is 0 Å². The normalized spacial score (nSPS) is 10.7. The molecule has 2 aromatic rings. The van der Waals surface area contributed by atoms with Gasteiger partial charge in [0.1, 0.15) is 10.1 Å². The number of carbonyl (C=O) groups is 1. The Kier molecular flexibility index (Phi) is 4.80. The standard InChI is InChI=1S/C14H11BrCl2O2S/c1-6-4-9(15)7(2)11(13(6)19-3)12(18)8-5-10(16)20-14(8)17/h4-5H,1-3H3. The van der Waals surface area contributed by atoms with Crippen molar-refractivity contribution < 1.29 is 9.53 Å². The van der Waals surface area contributed by atoms with Crippen molar-refractivity contribution in [2.24, 2.45) is 0 Å². The lowest BCUT2D eigenvalue weighted by atomic mass is 9.97. The first-order valence-corrected chi connectivity index (χ1v) is 8.06. The van der Waals surface area contributed by atoms with E-state index in [0.717, 1.165) is 15.6 Å². The second-order valence-electron chi connectivity index (χ2n) is 4.28. The molecule has 0 N–H and O–H groups in total. The molecule has 0 bridgehead atoms. The van der Waals surface area contributed by atoms with Gasteiger partial charge in [0.2, 0.25) is 0 Å². The Labute approximate surface area is 139 Å². The molecule has 20 heavy (non-hydrogen) atoms. The van der Waals surface area contributed by atoms with E-state index < -0.39 is 0 Å². The summed E-state index contributed by atoms with van der Waals surface area (Å²) in [5.74, 6) is 0.381. The van der Waals surface area contributed by atoms with Crippen LogP contribution < -0.4 is 4.74 Å². The summed E-state index contributed by atoms with van der Waals surface area (Å²) < 4.78 is 7.12. The molecule has 106 valence electrons. The van der Waals surface area contributed by atoms with Crippen molar-refractivity contribution in [3.63, 3.8) is 0 Å². The molecule has 6 heteroatoms. The molecular weight excluding hydrogens is 383 g/mol. The number of ketones is 1. The van der Waals surface area contributed by atoms with Crippen molar-refractivity contribution in [3.8, 4) is 5.75 Å². The fraction of sp³-hybridized carbons (Fsp3) is 0.214. The van der Waals surface area contributed by atoms with Crippen molar-refractivity contribution in [2.75, 3.05) is 7.11 Å². The number of benzene rings is 1. The third kappa shape index (κ3) is 2.75. The van der Waals surface area contributed by atoms with Crippen LogP contribution in [-0.4, -0.2) is 12.9 Å². The minimum atomic E-state index is -0.183. The highest BCUT2D eigenvalue weighted by molar-refractivity contribution is 9.10. The highest BCUT2D eigenvalue weighted by Gasteiger charge is 2.24. The van der Waals surface area contributed by atoms with E-state index in [9.17, 15) is 4.79 Å². The van der Waals surface area contributed by atoms with Crippen molar-refractivity contribution in [2.45, 2.75) is 13.8 Å². The van der Waals surface area contributed by atoms with E-state index in [4.69, 9.17) is 27.9 Å². The Balaban J connectivity index is 2.68. The molecule has 1 aromatic carbocycles. The van der Waals surface area contributed by atoms with E-state index >= 15 is 0 Å². The van der Waals surface area contributed by atoms with Crippen LogP contribution in [0.2, 0.25) is 8.67 Å². The summed E-state index contributed by atoms with van der Waals surface area (Å²) in [5, 5.41) is 0. The zero-order valence-electron chi connectivity index (χ0n) is 11.0. The second-order valence-corrected chi connectivity index (χ2v) is 7.42. The molecule has 0 aliphatic rings. The van der Waals surface area contributed by atoms with Gasteiger partial charge in [-0.2, -0.15) is 0 Å². The van der Waals surface area contributed by atoms with Gasteiger partial charge < -0.3 is 4.74 Å². The minimum absolute atomic E-state index is 0.183. The van der Waals surface area contributed by atoms with E-state index in [-0.39, 0.29) is 5.78 Å². The Bertz CT molecular complexity index is 695. The van der Waals surface area contributed by atoms with Crippen molar-refractivity contribution >= 4 is 56.3 Å². The predicted molar refractivity (Wildman–Crippen MR) is 87.9 cm³/mol. The monoisotopic (exact) mass is 392 g/mol. The number of rotatable bonds is 3. The summed E-state index contributed by atoms with van der Waals surface area (Å²) in [5.41, 5.74) is 2.61. The summed E-state index contributed by atoms with van der Waals surface area (Å²) in [6.45, 7) is 3.75. The average Bonchev–Trinajstić information content (AvgIpc) is 2.71. The number of hydrogen-bond acceptors (Lipinski definition) is 3. The molecule has 1 aromatic heterocycles. The zero-order valence-corrected chi connectivity index (χ0v) is 14.9. The fourth-order valence-electron chi connectivity index (χ4n) is 2.02. The van der Waals surface area contributed by atoms with Gasteiger partial charge in [-0.15, -0.1) is 11.3 Å². The van der Waals surface area contributed by atoms with Crippen molar-refractivity contribution in [1.82, 2.24) is 0 Å². The van der Waals surface area contributed by atoms with Gasteiger partial charge in [0, 0.05) is 4.47 Å². The summed E-state index contributed by atoms with van der Waals surface area (Å²) in [6, 6.07) is 3.51. The van der Waals surface area contributed by atoms with Crippen LogP contribution in [0.25, 0.3) is 0 Å². The number of ether oxygens (including phenoxy) is 1. The maximum Gasteiger partial charge on any atom is 0.199 e. The Hall–Kier alpha value is -0.550. The maximum absolute atomic E-state index is 12.7. The third-order valence-corrected chi connectivity index (χ3v) is 5.31. The van der Waals surface area contributed by atoms with Crippen LogP contribution >= 0.6 is 50.5 Å². The molecular formula is C14H11BrCl2O2S. The first kappa shape index (κ1) is 15.8. The summed E-state index contributed by atoms with van der Waals surface area (Å²) >= 11 is 16.6. The number of aryl methyl sites for hydroxylation is 1. The second kappa shape index (κ2) is 6.06. The Morgan fingerprint density at radius 3 is 2.45 bits per heavy atom. The Morgan fingerprint density at radius 2 is 1.95 bits per heavy atom. The van der Waals surface area contributed by atoms with Gasteiger partial charge in [-0.05, 0) is 37.1 Å². The van der Waals surface area contributed by atoms with Crippen molar-refractivity contribution in [1.29, 1.82) is 0 Å². The van der Waals surface area contributed by atoms with E-state index in [2.05, 4.69) is 15.9 Å². The van der Waals surface area contributed by atoms with Crippen LogP contribution in [0.4, 0.5) is 0 Å². The first-order chi connectivity index (χ1) is 9.36. The van der Waals surface area contributed by atoms with Crippen LogP contribution in [0.15, 0.2) is 16.6 Å². The molecule has 1 heterocycles. The van der Waals surface area contributed by atoms with Crippen molar-refractivity contribution in [3.05, 3.63) is 47.5 Å². The number of hydrogen-bond donors (Lipinski definition) is 0. The molecule has 0 saturated heterocycles. The van der Waals surface area contributed by atoms with E-state index in [1.54, 1.807) is 13.2 Å². The predicted octanol–water partition coefficient (Wildman–Crippen LogP) is 5.67. The van der Waals surface area contributed by atoms with Crippen LogP contribution in [-0.2, 0) is 0 Å². The molecule has 0 spiro atoms. The molecule has 0 unspecified atom stereocenters. The molecule has 0 aliphatic carbocycles. The number of carbonyl (C=O) groups excluding carboxylic acids is 1. The topological polar surface area (TPSA) is 26.3 Å². The van der Waals surface area contributed by atoms with Crippen LogP contribution in [0.5, 0.6) is 5.75 Å². The highest BCUT2D eigenvalue weighted by atomic mass is 79.9. The van der Waals surface area contributed by atoms with Gasteiger partial charge in [-0.1, -0.05) is 39.1 Å². The summed E-state index contributed by atoms with van der Waals surface area (Å²) in [7, 11) is 1.55. The lowest BCUT2D eigenvalue weighted by molar-refractivity contribution is 0.103. The van der Waals surface area contributed by atoms with Crippen LogP contribution in [0, 0.1) is 13.8 Å². The number of methoxy groups -OCH3 is 1. The molecule has 0 amide bonds. The lowest BCUT2D eigenvalue weighted by Crippen LogP contribution is -2.08. The Morgan fingerprint density at radius 1 is 1.30 bits per heavy atom. The lowest BCUT2D eigenvalue weighted by Gasteiger charge is -2.14. The highest BCUT2D eigenvalue weighted by Crippen LogP contribution is 2.38. The van der Waals surface area contributed by atoms with Crippen LogP contribution in [0.1, 0.15) is 27.0 Å². The summed E-state index contributed by atoms with van der Waals surface area (Å²) in [6.07, 6.45) is 0. The molecule has 0 fully saturated rings. The average molecular weight is 394 g/mol. The number of halogens is 3.